The highest BCUT2D eigenvalue weighted by atomic mass is 32.2. The maximum absolute atomic E-state index is 12.0. The first-order valence-electron chi connectivity index (χ1n) is 7.73. The minimum absolute atomic E-state index is 0.0693. The van der Waals surface area contributed by atoms with E-state index in [4.69, 9.17) is 0 Å². The van der Waals surface area contributed by atoms with E-state index in [2.05, 4.69) is 10.2 Å². The van der Waals surface area contributed by atoms with Crippen molar-refractivity contribution in [2.75, 3.05) is 25.9 Å². The van der Waals surface area contributed by atoms with Crippen LogP contribution in [0.4, 0.5) is 0 Å². The second kappa shape index (κ2) is 6.98. The van der Waals surface area contributed by atoms with E-state index < -0.39 is 0 Å². The quantitative estimate of drug-likeness (QED) is 0.842. The maximum Gasteiger partial charge on any atom is 0.232 e. The number of nitrogens with zero attached hydrogens (tertiary/aromatic N) is 1. The SMILES string of the molecule is CSC(C)C(=O)NCC1(N2CCCCC2)CCCC1. The van der Waals surface area contributed by atoms with Crippen LogP contribution in [0.25, 0.3) is 0 Å². The molecule has 4 heteroatoms. The Morgan fingerprint density at radius 1 is 1.21 bits per heavy atom. The number of carbonyl (C=O) groups is 1. The topological polar surface area (TPSA) is 32.3 Å². The van der Waals surface area contributed by atoms with E-state index in [-0.39, 0.29) is 16.7 Å². The van der Waals surface area contributed by atoms with Gasteiger partial charge in [0.1, 0.15) is 0 Å². The highest BCUT2D eigenvalue weighted by molar-refractivity contribution is 7.99. The van der Waals surface area contributed by atoms with Crippen LogP contribution in [0.15, 0.2) is 0 Å². The van der Waals surface area contributed by atoms with Gasteiger partial charge in [0.25, 0.3) is 0 Å². The highest BCUT2D eigenvalue weighted by Gasteiger charge is 2.40. The third-order valence-electron chi connectivity index (χ3n) is 4.88. The fourth-order valence-corrected chi connectivity index (χ4v) is 3.81. The summed E-state index contributed by atoms with van der Waals surface area (Å²) in [5.74, 6) is 0.204. The van der Waals surface area contributed by atoms with Crippen molar-refractivity contribution in [2.45, 2.75) is 62.7 Å². The zero-order valence-corrected chi connectivity index (χ0v) is 13.2. The van der Waals surface area contributed by atoms with E-state index in [0.717, 1.165) is 6.54 Å². The van der Waals surface area contributed by atoms with Crippen molar-refractivity contribution < 1.29 is 4.79 Å². The normalized spacial score (nSPS) is 25.2. The molecule has 1 aliphatic carbocycles. The van der Waals surface area contributed by atoms with E-state index in [0.29, 0.717) is 0 Å². The lowest BCUT2D eigenvalue weighted by molar-refractivity contribution is -0.121. The van der Waals surface area contributed by atoms with E-state index in [1.165, 1.54) is 58.0 Å². The first kappa shape index (κ1) is 15.2. The zero-order chi connectivity index (χ0) is 13.7. The van der Waals surface area contributed by atoms with Gasteiger partial charge in [-0.2, -0.15) is 11.8 Å². The first-order chi connectivity index (χ1) is 9.18. The van der Waals surface area contributed by atoms with Gasteiger partial charge in [0, 0.05) is 12.1 Å². The molecule has 2 fully saturated rings. The summed E-state index contributed by atoms with van der Waals surface area (Å²) < 4.78 is 0. The predicted molar refractivity (Wildman–Crippen MR) is 82.6 cm³/mol. The molecule has 3 nitrogen and oxygen atoms in total. The van der Waals surface area contributed by atoms with Crippen LogP contribution in [0.5, 0.6) is 0 Å². The molecule has 1 saturated heterocycles. The van der Waals surface area contributed by atoms with Gasteiger partial charge in [-0.3, -0.25) is 9.69 Å². The Balaban J connectivity index is 1.93. The van der Waals surface area contributed by atoms with Crippen LogP contribution in [-0.4, -0.2) is 47.5 Å². The number of carbonyl (C=O) groups excluding carboxylic acids is 1. The Morgan fingerprint density at radius 2 is 1.84 bits per heavy atom. The molecule has 0 aromatic heterocycles. The molecular formula is C15H28N2OS. The van der Waals surface area contributed by atoms with Gasteiger partial charge in [0.05, 0.1) is 5.25 Å². The summed E-state index contributed by atoms with van der Waals surface area (Å²) in [6.07, 6.45) is 11.2. The lowest BCUT2D eigenvalue weighted by atomic mass is 9.92. The fraction of sp³-hybridized carbons (Fsp3) is 0.933. The molecule has 0 aromatic carbocycles. The second-order valence-electron chi connectivity index (χ2n) is 6.07. The minimum atomic E-state index is 0.0693. The molecule has 1 amide bonds. The van der Waals surface area contributed by atoms with Gasteiger partial charge >= 0.3 is 0 Å². The monoisotopic (exact) mass is 284 g/mol. The van der Waals surface area contributed by atoms with Crippen molar-refractivity contribution in [2.24, 2.45) is 0 Å². The molecule has 0 bridgehead atoms. The Hall–Kier alpha value is -0.220. The molecule has 1 unspecified atom stereocenters. The largest absolute Gasteiger partial charge is 0.353 e. The molecule has 19 heavy (non-hydrogen) atoms. The summed E-state index contributed by atoms with van der Waals surface area (Å²) in [5.41, 5.74) is 0.272. The molecule has 1 heterocycles. The number of hydrogen-bond acceptors (Lipinski definition) is 3. The van der Waals surface area contributed by atoms with Gasteiger partial charge in [-0.1, -0.05) is 19.3 Å². The van der Waals surface area contributed by atoms with Crippen molar-refractivity contribution >= 4 is 17.7 Å². The third kappa shape index (κ3) is 3.66. The van der Waals surface area contributed by atoms with Gasteiger partial charge in [-0.15, -0.1) is 0 Å². The van der Waals surface area contributed by atoms with Gasteiger partial charge in [-0.05, 0) is 52.0 Å². The van der Waals surface area contributed by atoms with Crippen LogP contribution >= 0.6 is 11.8 Å². The van der Waals surface area contributed by atoms with Crippen molar-refractivity contribution in [3.63, 3.8) is 0 Å². The standard InChI is InChI=1S/C15H28N2OS/c1-13(19-2)14(18)16-12-15(8-4-5-9-15)17-10-6-3-7-11-17/h13H,3-12H2,1-2H3,(H,16,18). The summed E-state index contributed by atoms with van der Waals surface area (Å²) in [5, 5.41) is 3.28. The molecule has 1 saturated carbocycles. The van der Waals surface area contributed by atoms with E-state index in [1.807, 2.05) is 13.2 Å². The second-order valence-corrected chi connectivity index (χ2v) is 7.25. The molecule has 1 N–H and O–H groups in total. The average molecular weight is 284 g/mol. The Labute approximate surface area is 121 Å². The van der Waals surface area contributed by atoms with E-state index in [1.54, 1.807) is 11.8 Å². The van der Waals surface area contributed by atoms with Crippen LogP contribution in [0.3, 0.4) is 0 Å². The predicted octanol–water partition coefficient (Wildman–Crippen LogP) is 2.65. The number of likely N-dealkylation sites (tertiary alicyclic amines) is 1. The number of amides is 1. The summed E-state index contributed by atoms with van der Waals surface area (Å²) in [6.45, 7) is 5.31. The molecule has 1 atom stereocenters. The Kier molecular flexibility index (Phi) is 5.58. The lowest BCUT2D eigenvalue weighted by Crippen LogP contribution is -2.56. The number of thioether (sulfide) groups is 1. The Morgan fingerprint density at radius 3 is 2.42 bits per heavy atom. The van der Waals surface area contributed by atoms with Crippen molar-refractivity contribution in [3.8, 4) is 0 Å². The zero-order valence-electron chi connectivity index (χ0n) is 12.4. The van der Waals surface area contributed by atoms with Gasteiger partial charge < -0.3 is 5.32 Å². The molecule has 2 aliphatic rings. The van der Waals surface area contributed by atoms with Gasteiger partial charge in [0.2, 0.25) is 5.91 Å². The van der Waals surface area contributed by atoms with Gasteiger partial charge in [-0.25, -0.2) is 0 Å². The highest BCUT2D eigenvalue weighted by Crippen LogP contribution is 2.36. The number of hydrogen-bond donors (Lipinski definition) is 1. The van der Waals surface area contributed by atoms with Crippen LogP contribution in [0.1, 0.15) is 51.9 Å². The average Bonchev–Trinajstić information content (AvgIpc) is 2.95. The van der Waals surface area contributed by atoms with Gasteiger partial charge in [0.15, 0.2) is 0 Å². The molecule has 1 aliphatic heterocycles. The summed E-state index contributed by atoms with van der Waals surface area (Å²) in [6, 6.07) is 0. The molecule has 0 radical (unpaired) electrons. The molecule has 0 aromatic rings. The number of nitrogens with one attached hydrogen (secondary N) is 1. The smallest absolute Gasteiger partial charge is 0.232 e. The van der Waals surface area contributed by atoms with Crippen molar-refractivity contribution in [3.05, 3.63) is 0 Å². The molecule has 110 valence electrons. The lowest BCUT2D eigenvalue weighted by Gasteiger charge is -2.43. The van der Waals surface area contributed by atoms with E-state index >= 15 is 0 Å². The van der Waals surface area contributed by atoms with Crippen molar-refractivity contribution in [1.82, 2.24) is 10.2 Å². The molecule has 0 spiro atoms. The summed E-state index contributed by atoms with van der Waals surface area (Å²) in [4.78, 5) is 14.7. The summed E-state index contributed by atoms with van der Waals surface area (Å²) >= 11 is 1.62. The van der Waals surface area contributed by atoms with Crippen LogP contribution in [-0.2, 0) is 4.79 Å². The van der Waals surface area contributed by atoms with Crippen LogP contribution in [0.2, 0.25) is 0 Å². The first-order valence-corrected chi connectivity index (χ1v) is 9.02. The fourth-order valence-electron chi connectivity index (χ4n) is 3.51. The molecular weight excluding hydrogens is 256 g/mol. The molecule has 2 rings (SSSR count). The third-order valence-corrected chi connectivity index (χ3v) is 5.80. The van der Waals surface area contributed by atoms with Crippen molar-refractivity contribution in [1.29, 1.82) is 0 Å². The van der Waals surface area contributed by atoms with E-state index in [9.17, 15) is 4.79 Å². The number of piperidine rings is 1. The van der Waals surface area contributed by atoms with Crippen LogP contribution in [0, 0.1) is 0 Å². The number of rotatable bonds is 5. The van der Waals surface area contributed by atoms with Crippen LogP contribution < -0.4 is 5.32 Å². The Bertz CT molecular complexity index is 297. The summed E-state index contributed by atoms with van der Waals surface area (Å²) in [7, 11) is 0. The maximum atomic E-state index is 12.0. The minimum Gasteiger partial charge on any atom is -0.353 e.